The zero-order valence-corrected chi connectivity index (χ0v) is 18.6. The first kappa shape index (κ1) is 20.5. The van der Waals surface area contributed by atoms with Gasteiger partial charge in [0, 0.05) is 23.3 Å². The van der Waals surface area contributed by atoms with Crippen molar-refractivity contribution in [2.75, 3.05) is 0 Å². The van der Waals surface area contributed by atoms with Crippen LogP contribution in [-0.4, -0.2) is 19.6 Å². The zero-order chi connectivity index (χ0) is 22.2. The van der Waals surface area contributed by atoms with Gasteiger partial charge in [-0.3, -0.25) is 4.98 Å². The van der Waals surface area contributed by atoms with Gasteiger partial charge in [-0.1, -0.05) is 6.07 Å². The van der Waals surface area contributed by atoms with E-state index in [4.69, 9.17) is 16.6 Å². The maximum absolute atomic E-state index is 13.5. The van der Waals surface area contributed by atoms with Gasteiger partial charge in [0.2, 0.25) is 0 Å². The highest BCUT2D eigenvalue weighted by Crippen LogP contribution is 2.42. The number of thiocarbonyl (C=S) groups is 1. The van der Waals surface area contributed by atoms with E-state index in [0.29, 0.717) is 11.7 Å². The molecule has 1 aliphatic rings. The third-order valence-corrected chi connectivity index (χ3v) is 6.33. The average molecular weight is 447 g/mol. The van der Waals surface area contributed by atoms with Crippen molar-refractivity contribution in [3.05, 3.63) is 107 Å². The molecule has 1 aromatic carbocycles. The van der Waals surface area contributed by atoms with Crippen LogP contribution in [0.4, 0.5) is 4.39 Å². The Kier molecular flexibility index (Phi) is 5.27. The van der Waals surface area contributed by atoms with Crippen LogP contribution in [0.15, 0.2) is 77.5 Å². The maximum Gasteiger partial charge on any atom is 0.170 e. The zero-order valence-electron chi connectivity index (χ0n) is 17.8. The van der Waals surface area contributed by atoms with Gasteiger partial charge in [-0.05, 0) is 86.2 Å². The first-order chi connectivity index (χ1) is 15.5. The van der Waals surface area contributed by atoms with Crippen molar-refractivity contribution in [3.8, 4) is 5.69 Å². The van der Waals surface area contributed by atoms with E-state index in [1.165, 1.54) is 12.1 Å². The van der Waals surface area contributed by atoms with Gasteiger partial charge in [-0.15, -0.1) is 0 Å². The van der Waals surface area contributed by atoms with Gasteiger partial charge >= 0.3 is 0 Å². The van der Waals surface area contributed by atoms with Crippen LogP contribution >= 0.6 is 12.2 Å². The fourth-order valence-corrected chi connectivity index (χ4v) is 4.86. The molecule has 1 saturated heterocycles. The van der Waals surface area contributed by atoms with E-state index in [1.54, 1.807) is 24.6 Å². The number of aromatic nitrogens is 2. The molecule has 0 unspecified atom stereocenters. The number of rotatable bonds is 5. The predicted octanol–water partition coefficient (Wildman–Crippen LogP) is 5.39. The molecule has 5 rings (SSSR count). The first-order valence-corrected chi connectivity index (χ1v) is 10.9. The van der Waals surface area contributed by atoms with Crippen LogP contribution in [0.25, 0.3) is 5.69 Å². The summed E-state index contributed by atoms with van der Waals surface area (Å²) in [6.07, 6.45) is 3.47. The van der Waals surface area contributed by atoms with E-state index in [9.17, 15) is 4.39 Å². The number of aryl methyl sites for hydroxylation is 1. The van der Waals surface area contributed by atoms with E-state index >= 15 is 0 Å². The number of benzene rings is 1. The molecule has 1 aliphatic heterocycles. The molecular weight excluding hydrogens is 423 g/mol. The lowest BCUT2D eigenvalue weighted by Gasteiger charge is -2.27. The lowest BCUT2D eigenvalue weighted by atomic mass is 9.96. The van der Waals surface area contributed by atoms with Crippen molar-refractivity contribution < 1.29 is 8.81 Å². The second kappa shape index (κ2) is 8.24. The van der Waals surface area contributed by atoms with Gasteiger partial charge in [-0.25, -0.2) is 4.39 Å². The number of pyridine rings is 1. The Balaban J connectivity index is 1.62. The van der Waals surface area contributed by atoms with Crippen LogP contribution in [0.3, 0.4) is 0 Å². The molecule has 1 N–H and O–H groups in total. The van der Waals surface area contributed by atoms with Crippen molar-refractivity contribution in [1.29, 1.82) is 0 Å². The first-order valence-electron chi connectivity index (χ1n) is 10.5. The Bertz CT molecular complexity index is 1240. The van der Waals surface area contributed by atoms with E-state index < -0.39 is 0 Å². The maximum atomic E-state index is 13.5. The summed E-state index contributed by atoms with van der Waals surface area (Å²) in [6, 6.07) is 18.3. The van der Waals surface area contributed by atoms with Gasteiger partial charge < -0.3 is 19.2 Å². The second-order valence-electron chi connectivity index (χ2n) is 7.97. The molecule has 7 heteroatoms. The summed E-state index contributed by atoms with van der Waals surface area (Å²) in [7, 11) is 0. The summed E-state index contributed by atoms with van der Waals surface area (Å²) in [5.74, 6) is 0.592. The molecule has 2 atom stereocenters. The van der Waals surface area contributed by atoms with Crippen molar-refractivity contribution in [3.63, 3.8) is 0 Å². The Morgan fingerprint density at radius 1 is 1.09 bits per heavy atom. The lowest BCUT2D eigenvalue weighted by Crippen LogP contribution is -2.29. The number of furan rings is 1. The molecule has 0 aliphatic carbocycles. The summed E-state index contributed by atoms with van der Waals surface area (Å²) < 4.78 is 21.3. The third kappa shape index (κ3) is 3.58. The van der Waals surface area contributed by atoms with Crippen LogP contribution in [0.1, 0.15) is 40.5 Å². The molecule has 32 heavy (non-hydrogen) atoms. The lowest BCUT2D eigenvalue weighted by molar-refractivity contribution is 0.286. The number of hydrogen-bond donors (Lipinski definition) is 1. The topological polar surface area (TPSA) is 46.2 Å². The molecule has 162 valence electrons. The largest absolute Gasteiger partial charge is 0.467 e. The molecule has 0 bridgehead atoms. The van der Waals surface area contributed by atoms with E-state index in [2.05, 4.69) is 39.7 Å². The molecule has 3 aromatic heterocycles. The van der Waals surface area contributed by atoms with Crippen LogP contribution < -0.4 is 5.32 Å². The number of nitrogens with one attached hydrogen (secondary N) is 1. The minimum Gasteiger partial charge on any atom is -0.467 e. The summed E-state index contributed by atoms with van der Waals surface area (Å²) >= 11 is 5.76. The summed E-state index contributed by atoms with van der Waals surface area (Å²) in [4.78, 5) is 6.77. The fraction of sp³-hybridized carbons (Fsp3) is 0.200. The van der Waals surface area contributed by atoms with Gasteiger partial charge in [0.25, 0.3) is 0 Å². The monoisotopic (exact) mass is 446 g/mol. The quantitative estimate of drug-likeness (QED) is 0.416. The SMILES string of the molecule is Cc1cc([C@@H]2[C@H](c3ccccn3)NC(=S)N2Cc2ccco2)c(C)n1-c1ccc(F)cc1. The minimum atomic E-state index is -0.249. The van der Waals surface area contributed by atoms with Gasteiger partial charge in [0.15, 0.2) is 5.11 Å². The molecule has 4 heterocycles. The highest BCUT2D eigenvalue weighted by Gasteiger charge is 2.41. The highest BCUT2D eigenvalue weighted by atomic mass is 32.1. The summed E-state index contributed by atoms with van der Waals surface area (Å²) in [6.45, 7) is 4.70. The Labute approximate surface area is 191 Å². The smallest absolute Gasteiger partial charge is 0.170 e. The average Bonchev–Trinajstić information content (AvgIpc) is 3.49. The van der Waals surface area contributed by atoms with E-state index in [0.717, 1.165) is 34.1 Å². The predicted molar refractivity (Wildman–Crippen MR) is 125 cm³/mol. The van der Waals surface area contributed by atoms with Crippen LogP contribution in [0.2, 0.25) is 0 Å². The Morgan fingerprint density at radius 3 is 2.59 bits per heavy atom. The van der Waals surface area contributed by atoms with Crippen molar-refractivity contribution >= 4 is 17.3 Å². The molecule has 0 amide bonds. The van der Waals surface area contributed by atoms with Gasteiger partial charge in [0.1, 0.15) is 11.6 Å². The summed E-state index contributed by atoms with van der Waals surface area (Å²) in [5, 5.41) is 4.14. The molecule has 0 radical (unpaired) electrons. The Hall–Kier alpha value is -3.45. The number of nitrogens with zero attached hydrogens (tertiary/aromatic N) is 3. The minimum absolute atomic E-state index is 0.0806. The summed E-state index contributed by atoms with van der Waals surface area (Å²) in [5.41, 5.74) is 5.14. The Morgan fingerprint density at radius 2 is 1.91 bits per heavy atom. The van der Waals surface area contributed by atoms with Crippen molar-refractivity contribution in [2.24, 2.45) is 0 Å². The van der Waals surface area contributed by atoms with E-state index in [1.807, 2.05) is 30.3 Å². The van der Waals surface area contributed by atoms with Crippen LogP contribution in [0.5, 0.6) is 0 Å². The normalized spacial score (nSPS) is 18.2. The molecule has 1 fully saturated rings. The van der Waals surface area contributed by atoms with Crippen LogP contribution in [-0.2, 0) is 6.54 Å². The fourth-order valence-electron chi connectivity index (χ4n) is 4.56. The molecule has 0 spiro atoms. The van der Waals surface area contributed by atoms with E-state index in [-0.39, 0.29) is 17.9 Å². The van der Waals surface area contributed by atoms with Crippen molar-refractivity contribution in [1.82, 2.24) is 19.8 Å². The number of halogens is 1. The highest BCUT2D eigenvalue weighted by molar-refractivity contribution is 7.80. The number of hydrogen-bond acceptors (Lipinski definition) is 3. The second-order valence-corrected chi connectivity index (χ2v) is 8.36. The van der Waals surface area contributed by atoms with Crippen LogP contribution in [0, 0.1) is 19.7 Å². The molecule has 0 saturated carbocycles. The van der Waals surface area contributed by atoms with Gasteiger partial charge in [0.05, 0.1) is 30.6 Å². The molecule has 5 nitrogen and oxygen atoms in total. The van der Waals surface area contributed by atoms with Gasteiger partial charge in [-0.2, -0.15) is 0 Å². The molecular formula is C25H23FN4OS. The standard InChI is InChI=1S/C25H23FN4OS/c1-16-14-21(17(2)30(16)19-10-8-18(26)9-11-19)24-23(22-7-3-4-12-27-22)28-25(32)29(24)15-20-6-5-13-31-20/h3-14,23-24H,15H2,1-2H3,(H,28,32)/t23-,24+/m0/s1. The van der Waals surface area contributed by atoms with Crippen molar-refractivity contribution in [2.45, 2.75) is 32.5 Å². The molecule has 4 aromatic rings. The third-order valence-electron chi connectivity index (χ3n) is 5.98.